The number of aromatic nitrogens is 6. The number of anilines is 2. The van der Waals surface area contributed by atoms with E-state index in [0.717, 1.165) is 72.6 Å². The van der Waals surface area contributed by atoms with E-state index in [1.165, 1.54) is 38.5 Å². The predicted octanol–water partition coefficient (Wildman–Crippen LogP) is 3.05. The number of ether oxygens (including phenoxy) is 1. The summed E-state index contributed by atoms with van der Waals surface area (Å²) in [6, 6.07) is 8.23. The molecular weight excluding hydrogens is 548 g/mol. The normalized spacial score (nSPS) is 22.8. The molecule has 2 aliphatic heterocycles. The Labute approximate surface area is 248 Å². The van der Waals surface area contributed by atoms with Crippen LogP contribution in [0.1, 0.15) is 44.7 Å². The maximum atomic E-state index is 11.4. The van der Waals surface area contributed by atoms with Crippen molar-refractivity contribution < 1.29 is 19.4 Å². The van der Waals surface area contributed by atoms with Gasteiger partial charge in [-0.1, -0.05) is 12.1 Å². The second-order valence-corrected chi connectivity index (χ2v) is 12.0. The van der Waals surface area contributed by atoms with Crippen molar-refractivity contribution >= 4 is 23.6 Å². The number of pyridine rings is 2. The fourth-order valence-corrected chi connectivity index (χ4v) is 6.17. The van der Waals surface area contributed by atoms with Crippen LogP contribution in [0.4, 0.5) is 11.6 Å². The van der Waals surface area contributed by atoms with E-state index < -0.39 is 5.97 Å². The molecule has 1 N–H and O–H groups in total. The summed E-state index contributed by atoms with van der Waals surface area (Å²) in [4.78, 5) is 36.0. The summed E-state index contributed by atoms with van der Waals surface area (Å²) in [6.07, 6.45) is 12.6. The van der Waals surface area contributed by atoms with Gasteiger partial charge in [0.25, 0.3) is 0 Å². The van der Waals surface area contributed by atoms with Crippen LogP contribution in [-0.2, 0) is 17.8 Å². The van der Waals surface area contributed by atoms with Crippen LogP contribution in [0.2, 0.25) is 0 Å². The number of fused-ring (bicyclic) bond motifs is 2. The summed E-state index contributed by atoms with van der Waals surface area (Å²) >= 11 is 0. The summed E-state index contributed by atoms with van der Waals surface area (Å²) in [6.45, 7) is 5.70. The van der Waals surface area contributed by atoms with Crippen LogP contribution in [0.25, 0.3) is 0 Å². The molecule has 12 heteroatoms. The SMILES string of the molecule is COC(=O)c1cnn(Cc2ccc(N3CC4CC4C3)nc2)c1.O=C(O)c1cnn(Cc2ccc(N3CC4CC4C3)nc2)c1. The monoisotopic (exact) mass is 582 g/mol. The fraction of sp³-hybridized carbons (Fsp3) is 0.419. The summed E-state index contributed by atoms with van der Waals surface area (Å²) in [5.74, 6) is 4.37. The van der Waals surface area contributed by atoms with E-state index in [2.05, 4.69) is 46.8 Å². The van der Waals surface area contributed by atoms with Gasteiger partial charge in [0.15, 0.2) is 0 Å². The van der Waals surface area contributed by atoms with Crippen LogP contribution in [0.5, 0.6) is 0 Å². The topological polar surface area (TPSA) is 132 Å². The van der Waals surface area contributed by atoms with Gasteiger partial charge in [0.05, 0.1) is 43.7 Å². The lowest BCUT2D eigenvalue weighted by molar-refractivity contribution is 0.0599. The maximum absolute atomic E-state index is 11.4. The van der Waals surface area contributed by atoms with Crippen LogP contribution >= 0.6 is 0 Å². The zero-order valence-electron chi connectivity index (χ0n) is 24.0. The van der Waals surface area contributed by atoms with Gasteiger partial charge in [-0.25, -0.2) is 19.6 Å². The lowest BCUT2D eigenvalue weighted by Crippen LogP contribution is -2.22. The Kier molecular flexibility index (Phi) is 7.04. The highest BCUT2D eigenvalue weighted by molar-refractivity contribution is 5.88. The number of rotatable bonds is 8. The van der Waals surface area contributed by atoms with E-state index in [-0.39, 0.29) is 11.5 Å². The first kappa shape index (κ1) is 27.1. The molecule has 4 aromatic rings. The molecular formula is C31H34N8O4. The summed E-state index contributed by atoms with van der Waals surface area (Å²) in [5, 5.41) is 17.1. The summed E-state index contributed by atoms with van der Waals surface area (Å²) in [7, 11) is 1.37. The Balaban J connectivity index is 0.000000140. The molecule has 6 heterocycles. The van der Waals surface area contributed by atoms with Crippen LogP contribution in [0, 0.1) is 23.7 Å². The minimum Gasteiger partial charge on any atom is -0.478 e. The molecule has 2 saturated carbocycles. The molecule has 12 nitrogen and oxygen atoms in total. The molecule has 0 amide bonds. The first-order chi connectivity index (χ1) is 20.9. The van der Waals surface area contributed by atoms with E-state index in [1.54, 1.807) is 15.6 Å². The van der Waals surface area contributed by atoms with Gasteiger partial charge in [0.2, 0.25) is 0 Å². The third-order valence-electron chi connectivity index (χ3n) is 8.85. The standard InChI is InChI=1S/C16H18N4O2.C15H16N4O2/c1-22-16(21)14-6-18-20(10-14)7-11-2-3-15(17-5-11)19-8-12-4-13(12)9-19;20-15(21)13-5-17-19(9-13)6-10-1-2-14(16-4-10)18-7-11-3-12(11)8-18/h2-3,5-6,10,12-13H,4,7-9H2,1H3;1-2,4-5,9,11-12H,3,6-8H2,(H,20,21). The zero-order chi connectivity index (χ0) is 29.5. The van der Waals surface area contributed by atoms with Crippen molar-refractivity contribution in [2.24, 2.45) is 23.7 Å². The van der Waals surface area contributed by atoms with Crippen molar-refractivity contribution in [1.82, 2.24) is 29.5 Å². The molecule has 0 aromatic carbocycles. The highest BCUT2D eigenvalue weighted by Crippen LogP contribution is 2.46. The molecule has 4 unspecified atom stereocenters. The van der Waals surface area contributed by atoms with Crippen molar-refractivity contribution in [3.8, 4) is 0 Å². The lowest BCUT2D eigenvalue weighted by Gasteiger charge is -2.18. The van der Waals surface area contributed by atoms with E-state index in [9.17, 15) is 9.59 Å². The minimum absolute atomic E-state index is 0.205. The molecule has 4 aromatic heterocycles. The molecule has 4 fully saturated rings. The average molecular weight is 583 g/mol. The molecule has 43 heavy (non-hydrogen) atoms. The van der Waals surface area contributed by atoms with E-state index in [1.807, 2.05) is 24.5 Å². The number of carbonyl (C=O) groups excluding carboxylic acids is 1. The number of carbonyl (C=O) groups is 2. The first-order valence-corrected chi connectivity index (χ1v) is 14.7. The van der Waals surface area contributed by atoms with Crippen LogP contribution < -0.4 is 9.80 Å². The van der Waals surface area contributed by atoms with Gasteiger partial charge in [-0.2, -0.15) is 10.2 Å². The number of esters is 1. The van der Waals surface area contributed by atoms with Gasteiger partial charge in [0.1, 0.15) is 11.6 Å². The van der Waals surface area contributed by atoms with Crippen molar-refractivity contribution in [2.75, 3.05) is 43.1 Å². The number of methoxy groups -OCH3 is 1. The number of piperidine rings is 2. The highest BCUT2D eigenvalue weighted by atomic mass is 16.5. The molecule has 4 atom stereocenters. The second kappa shape index (κ2) is 11.2. The Hall–Kier alpha value is -4.74. The average Bonchev–Trinajstić information content (AvgIpc) is 3.56. The Morgan fingerprint density at radius 3 is 1.60 bits per heavy atom. The smallest absolute Gasteiger partial charge is 0.341 e. The molecule has 2 saturated heterocycles. The molecule has 2 aliphatic carbocycles. The molecule has 0 radical (unpaired) electrons. The molecule has 8 rings (SSSR count). The van der Waals surface area contributed by atoms with Gasteiger partial charge in [-0.3, -0.25) is 9.36 Å². The van der Waals surface area contributed by atoms with Crippen molar-refractivity contribution in [2.45, 2.75) is 25.9 Å². The van der Waals surface area contributed by atoms with E-state index >= 15 is 0 Å². The van der Waals surface area contributed by atoms with Gasteiger partial charge in [-0.15, -0.1) is 0 Å². The molecule has 0 bridgehead atoms. The third-order valence-corrected chi connectivity index (χ3v) is 8.85. The van der Waals surface area contributed by atoms with Crippen molar-refractivity contribution in [1.29, 1.82) is 0 Å². The molecule has 222 valence electrons. The van der Waals surface area contributed by atoms with Gasteiger partial charge in [0, 0.05) is 51.0 Å². The highest BCUT2D eigenvalue weighted by Gasteiger charge is 2.46. The van der Waals surface area contributed by atoms with E-state index in [4.69, 9.17) is 5.11 Å². The van der Waals surface area contributed by atoms with Crippen LogP contribution in [0.3, 0.4) is 0 Å². The number of hydrogen-bond acceptors (Lipinski definition) is 9. The lowest BCUT2D eigenvalue weighted by atomic mass is 10.2. The summed E-state index contributed by atoms with van der Waals surface area (Å²) < 4.78 is 8.01. The fourth-order valence-electron chi connectivity index (χ4n) is 6.17. The molecule has 0 spiro atoms. The van der Waals surface area contributed by atoms with Crippen LogP contribution in [0.15, 0.2) is 61.4 Å². The van der Waals surface area contributed by atoms with Crippen molar-refractivity contribution in [3.63, 3.8) is 0 Å². The summed E-state index contributed by atoms with van der Waals surface area (Å²) in [5.41, 5.74) is 2.75. The Bertz CT molecular complexity index is 1600. The van der Waals surface area contributed by atoms with Gasteiger partial charge in [-0.05, 0) is 59.8 Å². The van der Waals surface area contributed by atoms with Crippen LogP contribution in [-0.4, -0.2) is 79.9 Å². The third kappa shape index (κ3) is 6.08. The first-order valence-electron chi connectivity index (χ1n) is 14.7. The predicted molar refractivity (Wildman–Crippen MR) is 157 cm³/mol. The van der Waals surface area contributed by atoms with Gasteiger partial charge < -0.3 is 19.6 Å². The number of carboxylic acid groups (broad SMARTS) is 1. The van der Waals surface area contributed by atoms with Gasteiger partial charge >= 0.3 is 11.9 Å². The number of carboxylic acids is 1. The van der Waals surface area contributed by atoms with Crippen molar-refractivity contribution in [3.05, 3.63) is 83.7 Å². The Morgan fingerprint density at radius 1 is 0.744 bits per heavy atom. The zero-order valence-corrected chi connectivity index (χ0v) is 24.0. The van der Waals surface area contributed by atoms with E-state index in [0.29, 0.717) is 18.7 Å². The number of nitrogens with zero attached hydrogens (tertiary/aromatic N) is 8. The number of aromatic carboxylic acids is 1. The second-order valence-electron chi connectivity index (χ2n) is 12.0. The Morgan fingerprint density at radius 2 is 1.21 bits per heavy atom. The molecule has 4 aliphatic rings. The number of hydrogen-bond donors (Lipinski definition) is 1. The largest absolute Gasteiger partial charge is 0.478 e. The maximum Gasteiger partial charge on any atom is 0.341 e. The quantitative estimate of drug-likeness (QED) is 0.309. The minimum atomic E-state index is -0.956.